The lowest BCUT2D eigenvalue weighted by atomic mass is 9.79. The first-order chi connectivity index (χ1) is 8.12. The van der Waals surface area contributed by atoms with Crippen molar-refractivity contribution in [2.75, 3.05) is 6.54 Å². The van der Waals surface area contributed by atoms with Crippen LogP contribution < -0.4 is 5.32 Å². The summed E-state index contributed by atoms with van der Waals surface area (Å²) >= 11 is 0. The highest BCUT2D eigenvalue weighted by atomic mass is 16.4. The van der Waals surface area contributed by atoms with Crippen LogP contribution in [-0.4, -0.2) is 17.6 Å². The molecule has 3 heteroatoms. The average Bonchev–Trinajstić information content (AvgIpc) is 2.30. The second kappa shape index (κ2) is 4.88. The van der Waals surface area contributed by atoms with E-state index in [1.54, 1.807) is 0 Å². The highest BCUT2D eigenvalue weighted by Crippen LogP contribution is 2.33. The molecule has 1 fully saturated rings. The van der Waals surface area contributed by atoms with Gasteiger partial charge in [0, 0.05) is 0 Å². The van der Waals surface area contributed by atoms with Crippen LogP contribution in [0.5, 0.6) is 0 Å². The molecule has 1 aliphatic heterocycles. The molecule has 3 nitrogen and oxygen atoms in total. The van der Waals surface area contributed by atoms with E-state index in [1.165, 1.54) is 5.56 Å². The Labute approximate surface area is 102 Å². The summed E-state index contributed by atoms with van der Waals surface area (Å²) in [7, 11) is 0. The molecule has 1 aliphatic rings. The standard InChI is InChI=1S/C14H19NO2/c1-11-4-6-12(7-5-11)14(10-13(16)17)8-2-3-9-15-14/h4-7,15H,2-3,8-10H2,1H3,(H,16,17). The zero-order valence-electron chi connectivity index (χ0n) is 10.2. The zero-order chi connectivity index (χ0) is 12.3. The van der Waals surface area contributed by atoms with Crippen molar-refractivity contribution in [3.63, 3.8) is 0 Å². The van der Waals surface area contributed by atoms with Crippen LogP contribution in [0.3, 0.4) is 0 Å². The van der Waals surface area contributed by atoms with Crippen molar-refractivity contribution in [1.82, 2.24) is 5.32 Å². The second-order valence-corrected chi connectivity index (χ2v) is 4.90. The molecule has 2 N–H and O–H groups in total. The van der Waals surface area contributed by atoms with Crippen LogP contribution in [0.1, 0.15) is 36.8 Å². The Morgan fingerprint density at radius 3 is 2.59 bits per heavy atom. The molecule has 17 heavy (non-hydrogen) atoms. The summed E-state index contributed by atoms with van der Waals surface area (Å²) in [5, 5.41) is 12.5. The van der Waals surface area contributed by atoms with E-state index < -0.39 is 5.97 Å². The first-order valence-corrected chi connectivity index (χ1v) is 6.16. The molecule has 1 saturated heterocycles. The fourth-order valence-electron chi connectivity index (χ4n) is 2.60. The topological polar surface area (TPSA) is 49.3 Å². The van der Waals surface area contributed by atoms with Crippen molar-refractivity contribution in [1.29, 1.82) is 0 Å². The average molecular weight is 233 g/mol. The second-order valence-electron chi connectivity index (χ2n) is 4.90. The Balaban J connectivity index is 2.31. The summed E-state index contributed by atoms with van der Waals surface area (Å²) < 4.78 is 0. The number of carboxylic acid groups (broad SMARTS) is 1. The van der Waals surface area contributed by atoms with E-state index in [0.29, 0.717) is 0 Å². The number of aliphatic carboxylic acids is 1. The van der Waals surface area contributed by atoms with Gasteiger partial charge in [0.25, 0.3) is 0 Å². The Kier molecular flexibility index (Phi) is 3.48. The Bertz CT molecular complexity index is 391. The predicted octanol–water partition coefficient (Wildman–Crippen LogP) is 2.44. The molecule has 1 unspecified atom stereocenters. The molecule has 2 rings (SSSR count). The number of carboxylic acids is 1. The first kappa shape index (κ1) is 12.1. The number of aryl methyl sites for hydroxylation is 1. The fraction of sp³-hybridized carbons (Fsp3) is 0.500. The van der Waals surface area contributed by atoms with E-state index in [4.69, 9.17) is 5.11 Å². The molecule has 0 radical (unpaired) electrons. The maximum absolute atomic E-state index is 11.1. The van der Waals surface area contributed by atoms with Crippen LogP contribution in [0.25, 0.3) is 0 Å². The number of benzene rings is 1. The van der Waals surface area contributed by atoms with Crippen LogP contribution in [0.15, 0.2) is 24.3 Å². The molecule has 0 aromatic heterocycles. The number of piperidine rings is 1. The number of hydrogen-bond donors (Lipinski definition) is 2. The van der Waals surface area contributed by atoms with Crippen molar-refractivity contribution in [3.8, 4) is 0 Å². The minimum atomic E-state index is -0.736. The molecule has 0 spiro atoms. The maximum atomic E-state index is 11.1. The summed E-state index contributed by atoms with van der Waals surface area (Å²) in [6, 6.07) is 8.21. The van der Waals surface area contributed by atoms with Crippen LogP contribution in [0.4, 0.5) is 0 Å². The molecule has 92 valence electrons. The quantitative estimate of drug-likeness (QED) is 0.843. The van der Waals surface area contributed by atoms with Gasteiger partial charge >= 0.3 is 5.97 Å². The van der Waals surface area contributed by atoms with Gasteiger partial charge in [-0.15, -0.1) is 0 Å². The number of hydrogen-bond acceptors (Lipinski definition) is 2. The van der Waals surface area contributed by atoms with Gasteiger partial charge in [0.2, 0.25) is 0 Å². The Morgan fingerprint density at radius 1 is 1.35 bits per heavy atom. The van der Waals surface area contributed by atoms with E-state index in [-0.39, 0.29) is 12.0 Å². The van der Waals surface area contributed by atoms with Crippen molar-refractivity contribution >= 4 is 5.97 Å². The minimum Gasteiger partial charge on any atom is -0.481 e. The summed E-state index contributed by atoms with van der Waals surface area (Å²) in [6.45, 7) is 2.95. The SMILES string of the molecule is Cc1ccc(C2(CC(=O)O)CCCCN2)cc1. The van der Waals surface area contributed by atoms with Gasteiger partial charge in [-0.25, -0.2) is 0 Å². The molecule has 0 saturated carbocycles. The number of nitrogens with one attached hydrogen (secondary N) is 1. The van der Waals surface area contributed by atoms with Crippen LogP contribution in [0.2, 0.25) is 0 Å². The molecule has 1 atom stereocenters. The lowest BCUT2D eigenvalue weighted by molar-refractivity contribution is -0.139. The van der Waals surface area contributed by atoms with Gasteiger partial charge in [-0.3, -0.25) is 4.79 Å². The molecule has 0 amide bonds. The number of rotatable bonds is 3. The smallest absolute Gasteiger partial charge is 0.305 e. The lowest BCUT2D eigenvalue weighted by Gasteiger charge is -2.38. The van der Waals surface area contributed by atoms with E-state index >= 15 is 0 Å². The molecule has 1 aromatic rings. The first-order valence-electron chi connectivity index (χ1n) is 6.16. The maximum Gasteiger partial charge on any atom is 0.305 e. The van der Waals surface area contributed by atoms with Crippen LogP contribution in [-0.2, 0) is 10.3 Å². The van der Waals surface area contributed by atoms with Gasteiger partial charge < -0.3 is 10.4 Å². The van der Waals surface area contributed by atoms with E-state index in [0.717, 1.165) is 31.4 Å². The molecule has 0 bridgehead atoms. The fourth-order valence-corrected chi connectivity index (χ4v) is 2.60. The van der Waals surface area contributed by atoms with Gasteiger partial charge in [-0.05, 0) is 38.3 Å². The lowest BCUT2D eigenvalue weighted by Crippen LogP contribution is -2.47. The largest absolute Gasteiger partial charge is 0.481 e. The highest BCUT2D eigenvalue weighted by molar-refractivity contribution is 5.69. The van der Waals surface area contributed by atoms with E-state index in [1.807, 2.05) is 6.92 Å². The Morgan fingerprint density at radius 2 is 2.06 bits per heavy atom. The predicted molar refractivity (Wildman–Crippen MR) is 67.0 cm³/mol. The summed E-state index contributed by atoms with van der Waals surface area (Å²) in [6.07, 6.45) is 3.29. The summed E-state index contributed by atoms with van der Waals surface area (Å²) in [5.74, 6) is -0.736. The summed E-state index contributed by atoms with van der Waals surface area (Å²) in [4.78, 5) is 11.1. The van der Waals surface area contributed by atoms with E-state index in [2.05, 4.69) is 29.6 Å². The molecule has 1 heterocycles. The van der Waals surface area contributed by atoms with Gasteiger partial charge in [-0.2, -0.15) is 0 Å². The van der Waals surface area contributed by atoms with Crippen LogP contribution >= 0.6 is 0 Å². The van der Waals surface area contributed by atoms with Gasteiger partial charge in [0.15, 0.2) is 0 Å². The molecular formula is C14H19NO2. The third-order valence-corrected chi connectivity index (χ3v) is 3.55. The molecule has 1 aromatic carbocycles. The zero-order valence-corrected chi connectivity index (χ0v) is 10.2. The van der Waals surface area contributed by atoms with Crippen LogP contribution in [0, 0.1) is 6.92 Å². The normalized spacial score (nSPS) is 24.5. The van der Waals surface area contributed by atoms with Crippen molar-refractivity contribution in [2.24, 2.45) is 0 Å². The van der Waals surface area contributed by atoms with Crippen molar-refractivity contribution in [3.05, 3.63) is 35.4 Å². The van der Waals surface area contributed by atoms with Crippen molar-refractivity contribution < 1.29 is 9.90 Å². The summed E-state index contributed by atoms with van der Waals surface area (Å²) in [5.41, 5.74) is 1.94. The third kappa shape index (κ3) is 2.67. The number of carbonyl (C=O) groups is 1. The van der Waals surface area contributed by atoms with Gasteiger partial charge in [0.05, 0.1) is 12.0 Å². The monoisotopic (exact) mass is 233 g/mol. The third-order valence-electron chi connectivity index (χ3n) is 3.55. The van der Waals surface area contributed by atoms with Gasteiger partial charge in [0.1, 0.15) is 0 Å². The Hall–Kier alpha value is -1.35. The van der Waals surface area contributed by atoms with Gasteiger partial charge in [-0.1, -0.05) is 29.8 Å². The van der Waals surface area contributed by atoms with Crippen molar-refractivity contribution in [2.45, 2.75) is 38.1 Å². The molecule has 0 aliphatic carbocycles. The molecular weight excluding hydrogens is 214 g/mol. The highest BCUT2D eigenvalue weighted by Gasteiger charge is 2.35. The van der Waals surface area contributed by atoms with E-state index in [9.17, 15) is 4.79 Å². The minimum absolute atomic E-state index is 0.163.